The van der Waals surface area contributed by atoms with Gasteiger partial charge in [0, 0.05) is 24.4 Å². The number of nitrogens with zero attached hydrogens (tertiary/aromatic N) is 1. The highest BCUT2D eigenvalue weighted by atomic mass is 35.5. The maximum atomic E-state index is 11.9. The first-order valence-corrected chi connectivity index (χ1v) is 6.07. The maximum Gasteiger partial charge on any atom is 0.251 e. The van der Waals surface area contributed by atoms with E-state index in [-0.39, 0.29) is 18.1 Å². The largest absolute Gasteiger partial charge is 0.378 e. The van der Waals surface area contributed by atoms with Crippen molar-refractivity contribution in [1.82, 2.24) is 10.3 Å². The van der Waals surface area contributed by atoms with Crippen molar-refractivity contribution in [2.45, 2.75) is 31.9 Å². The molecule has 1 amide bonds. The number of hydrogen-bond acceptors (Lipinski definition) is 3. The number of amides is 1. The van der Waals surface area contributed by atoms with Gasteiger partial charge in [-0.15, -0.1) is 0 Å². The summed E-state index contributed by atoms with van der Waals surface area (Å²) in [4.78, 5) is 15.8. The number of carbonyl (C=O) groups excluding carboxylic acids is 1. The van der Waals surface area contributed by atoms with Crippen LogP contribution in [0.3, 0.4) is 0 Å². The van der Waals surface area contributed by atoms with Gasteiger partial charge in [-0.1, -0.05) is 11.6 Å². The van der Waals surface area contributed by atoms with E-state index in [1.165, 1.54) is 6.20 Å². The highest BCUT2D eigenvalue weighted by Gasteiger charge is 2.21. The maximum absolute atomic E-state index is 11.9. The van der Waals surface area contributed by atoms with E-state index in [2.05, 4.69) is 10.3 Å². The van der Waals surface area contributed by atoms with Gasteiger partial charge in [0.1, 0.15) is 5.15 Å². The van der Waals surface area contributed by atoms with Gasteiger partial charge in [-0.05, 0) is 31.9 Å². The summed E-state index contributed by atoms with van der Waals surface area (Å²) in [7, 11) is 0. The number of carbonyl (C=O) groups is 1. The normalized spacial score (nSPS) is 24.4. The van der Waals surface area contributed by atoms with E-state index in [0.717, 1.165) is 12.8 Å². The summed E-state index contributed by atoms with van der Waals surface area (Å²) >= 11 is 5.74. The monoisotopic (exact) mass is 254 g/mol. The summed E-state index contributed by atoms with van der Waals surface area (Å²) in [6.07, 6.45) is 3.44. The average molecular weight is 255 g/mol. The minimum atomic E-state index is -0.103. The van der Waals surface area contributed by atoms with Crippen LogP contribution >= 0.6 is 11.6 Å². The summed E-state index contributed by atoms with van der Waals surface area (Å²) in [5.74, 6) is -0.103. The van der Waals surface area contributed by atoms with Gasteiger partial charge in [0.05, 0.1) is 6.10 Å². The first-order valence-electron chi connectivity index (χ1n) is 5.69. The minimum Gasteiger partial charge on any atom is -0.378 e. The highest BCUT2D eigenvalue weighted by molar-refractivity contribution is 6.29. The second-order valence-corrected chi connectivity index (χ2v) is 4.63. The fourth-order valence-electron chi connectivity index (χ4n) is 1.94. The van der Waals surface area contributed by atoms with Crippen LogP contribution in [0.1, 0.15) is 30.1 Å². The van der Waals surface area contributed by atoms with Gasteiger partial charge in [0.2, 0.25) is 0 Å². The summed E-state index contributed by atoms with van der Waals surface area (Å²) in [5.41, 5.74) is 0.546. The smallest absolute Gasteiger partial charge is 0.251 e. The van der Waals surface area contributed by atoms with E-state index in [9.17, 15) is 4.79 Å². The Bertz CT molecular complexity index is 411. The van der Waals surface area contributed by atoms with Gasteiger partial charge in [-0.2, -0.15) is 0 Å². The highest BCUT2D eigenvalue weighted by Crippen LogP contribution is 2.14. The molecule has 0 aliphatic carbocycles. The van der Waals surface area contributed by atoms with E-state index in [1.54, 1.807) is 12.1 Å². The van der Waals surface area contributed by atoms with Crippen molar-refractivity contribution in [2.75, 3.05) is 6.61 Å². The molecule has 0 spiro atoms. The summed E-state index contributed by atoms with van der Waals surface area (Å²) in [6, 6.07) is 3.40. The molecule has 2 rings (SSSR count). The van der Waals surface area contributed by atoms with Gasteiger partial charge >= 0.3 is 0 Å². The van der Waals surface area contributed by atoms with Crippen LogP contribution in [-0.4, -0.2) is 29.6 Å². The quantitative estimate of drug-likeness (QED) is 0.822. The van der Waals surface area contributed by atoms with E-state index in [0.29, 0.717) is 17.3 Å². The van der Waals surface area contributed by atoms with E-state index in [4.69, 9.17) is 16.3 Å². The Balaban J connectivity index is 1.97. The van der Waals surface area contributed by atoms with Crippen molar-refractivity contribution in [1.29, 1.82) is 0 Å². The molecule has 2 heterocycles. The molecule has 5 heteroatoms. The number of aromatic nitrogens is 1. The summed E-state index contributed by atoms with van der Waals surface area (Å²) in [5, 5.41) is 3.32. The van der Waals surface area contributed by atoms with Gasteiger partial charge in [-0.25, -0.2) is 4.98 Å². The van der Waals surface area contributed by atoms with Crippen molar-refractivity contribution in [3.63, 3.8) is 0 Å². The fraction of sp³-hybridized carbons (Fsp3) is 0.500. The second kappa shape index (κ2) is 5.47. The molecule has 2 atom stereocenters. The molecule has 1 N–H and O–H groups in total. The Labute approximate surface area is 105 Å². The lowest BCUT2D eigenvalue weighted by atomic mass is 10.0. The molecule has 1 aliphatic heterocycles. The van der Waals surface area contributed by atoms with Gasteiger partial charge in [0.25, 0.3) is 5.91 Å². The van der Waals surface area contributed by atoms with Crippen LogP contribution in [0.4, 0.5) is 0 Å². The van der Waals surface area contributed by atoms with E-state index >= 15 is 0 Å². The molecule has 0 aromatic carbocycles. The van der Waals surface area contributed by atoms with Gasteiger partial charge in [-0.3, -0.25) is 4.79 Å². The molecule has 4 nitrogen and oxygen atoms in total. The third-order valence-electron chi connectivity index (χ3n) is 2.81. The molecule has 1 saturated heterocycles. The molecule has 17 heavy (non-hydrogen) atoms. The molecule has 0 bridgehead atoms. The molecule has 2 unspecified atom stereocenters. The van der Waals surface area contributed by atoms with Crippen LogP contribution in [0.15, 0.2) is 18.3 Å². The Morgan fingerprint density at radius 1 is 1.65 bits per heavy atom. The lowest BCUT2D eigenvalue weighted by molar-refractivity contribution is 0.0136. The Kier molecular flexibility index (Phi) is 3.97. The average Bonchev–Trinajstić information content (AvgIpc) is 2.29. The second-order valence-electron chi connectivity index (χ2n) is 4.24. The van der Waals surface area contributed by atoms with Crippen molar-refractivity contribution in [3.05, 3.63) is 29.0 Å². The zero-order valence-corrected chi connectivity index (χ0v) is 10.4. The fourth-order valence-corrected chi connectivity index (χ4v) is 2.12. The van der Waals surface area contributed by atoms with Crippen LogP contribution in [0.25, 0.3) is 0 Å². The molecule has 1 fully saturated rings. The van der Waals surface area contributed by atoms with Crippen LogP contribution in [0.2, 0.25) is 5.15 Å². The SMILES string of the molecule is CC1CC(NC(=O)c2ccnc(Cl)c2)CCO1. The first-order chi connectivity index (χ1) is 8.15. The lowest BCUT2D eigenvalue weighted by Gasteiger charge is -2.27. The summed E-state index contributed by atoms with van der Waals surface area (Å²) in [6.45, 7) is 2.71. The molecule has 1 aromatic rings. The number of pyridine rings is 1. The molecule has 0 saturated carbocycles. The van der Waals surface area contributed by atoms with Crippen molar-refractivity contribution in [2.24, 2.45) is 0 Å². The zero-order valence-electron chi connectivity index (χ0n) is 9.65. The third-order valence-corrected chi connectivity index (χ3v) is 3.02. The third kappa shape index (κ3) is 3.41. The molecule has 1 aromatic heterocycles. The molecule has 92 valence electrons. The van der Waals surface area contributed by atoms with Gasteiger partial charge in [0.15, 0.2) is 0 Å². The van der Waals surface area contributed by atoms with Crippen LogP contribution < -0.4 is 5.32 Å². The van der Waals surface area contributed by atoms with E-state index in [1.807, 2.05) is 6.92 Å². The van der Waals surface area contributed by atoms with Crippen LogP contribution in [0.5, 0.6) is 0 Å². The van der Waals surface area contributed by atoms with Crippen molar-refractivity contribution >= 4 is 17.5 Å². The first kappa shape index (κ1) is 12.3. The lowest BCUT2D eigenvalue weighted by Crippen LogP contribution is -2.41. The number of rotatable bonds is 2. The number of hydrogen-bond donors (Lipinski definition) is 1. The predicted molar refractivity (Wildman–Crippen MR) is 65.1 cm³/mol. The molecule has 1 aliphatic rings. The van der Waals surface area contributed by atoms with Crippen LogP contribution in [-0.2, 0) is 4.74 Å². The standard InChI is InChI=1S/C12H15ClN2O2/c1-8-6-10(3-5-17-8)15-12(16)9-2-4-14-11(13)7-9/h2,4,7-8,10H,3,5-6H2,1H3,(H,15,16). The van der Waals surface area contributed by atoms with Gasteiger partial charge < -0.3 is 10.1 Å². The van der Waals surface area contributed by atoms with E-state index < -0.39 is 0 Å². The Morgan fingerprint density at radius 3 is 3.18 bits per heavy atom. The molecular weight excluding hydrogens is 240 g/mol. The van der Waals surface area contributed by atoms with Crippen molar-refractivity contribution in [3.8, 4) is 0 Å². The number of ether oxygens (including phenoxy) is 1. The predicted octanol–water partition coefficient (Wildman–Crippen LogP) is 2.03. The zero-order chi connectivity index (χ0) is 12.3. The minimum absolute atomic E-state index is 0.103. The van der Waals surface area contributed by atoms with Crippen LogP contribution in [0, 0.1) is 0 Å². The van der Waals surface area contributed by atoms with Crippen molar-refractivity contribution < 1.29 is 9.53 Å². The number of halogens is 1. The topological polar surface area (TPSA) is 51.2 Å². The molecular formula is C12H15ClN2O2. The summed E-state index contributed by atoms with van der Waals surface area (Å²) < 4.78 is 5.43. The number of nitrogens with one attached hydrogen (secondary N) is 1. The Hall–Kier alpha value is -1.13. The molecule has 0 radical (unpaired) electrons. The Morgan fingerprint density at radius 2 is 2.47 bits per heavy atom.